The van der Waals surface area contributed by atoms with Gasteiger partial charge >= 0.3 is 0 Å². The molecule has 11 heteroatoms. The van der Waals surface area contributed by atoms with Gasteiger partial charge in [0.25, 0.3) is 0 Å². The molecule has 11 nitrogen and oxygen atoms in total. The Bertz CT molecular complexity index is 618. The zero-order chi connectivity index (χ0) is 37.5. The summed E-state index contributed by atoms with van der Waals surface area (Å²) in [5.41, 5.74) is -0.373. The van der Waals surface area contributed by atoms with E-state index in [0.29, 0.717) is 37.3 Å². The average Bonchev–Trinajstić information content (AvgIpc) is 3.02. The molecule has 0 aliphatic carbocycles. The second-order valence-electron chi connectivity index (χ2n) is 12.2. The fraction of sp³-hybridized carbons (Fsp3) is 0.971. The smallest absolute Gasteiger partial charge is 0.156 e. The Hall–Kier alpha value is -0.730. The first kappa shape index (κ1) is 54.7. The Morgan fingerprint density at radius 1 is 0.848 bits per heavy atom. The number of carbonyl (C=O) groups is 1. The molecule has 2 rings (SSSR count). The maximum Gasteiger partial charge on any atom is 0.156 e. The summed E-state index contributed by atoms with van der Waals surface area (Å²) in [7, 11) is 8.86. The number of ether oxygens (including phenoxy) is 4. The molecule has 0 saturated carbocycles. The molecule has 0 aromatic heterocycles. The van der Waals surface area contributed by atoms with Gasteiger partial charge in [-0.15, -0.1) is 0 Å². The van der Waals surface area contributed by atoms with Gasteiger partial charge in [-0.1, -0.05) is 61.8 Å². The maximum absolute atomic E-state index is 12.6. The van der Waals surface area contributed by atoms with Crippen molar-refractivity contribution < 1.29 is 49.3 Å². The van der Waals surface area contributed by atoms with Crippen LogP contribution in [0.3, 0.4) is 0 Å². The van der Waals surface area contributed by atoms with Crippen LogP contribution in [0.1, 0.15) is 108 Å². The van der Waals surface area contributed by atoms with Gasteiger partial charge in [-0.3, -0.25) is 4.79 Å². The van der Waals surface area contributed by atoms with Crippen LogP contribution in [0, 0.1) is 23.7 Å². The van der Waals surface area contributed by atoms with E-state index < -0.39 is 24.4 Å². The third-order valence-electron chi connectivity index (χ3n) is 7.25. The summed E-state index contributed by atoms with van der Waals surface area (Å²) in [6.45, 7) is 20.8. The van der Waals surface area contributed by atoms with E-state index in [0.717, 1.165) is 33.5 Å². The molecule has 0 aromatic rings. The van der Waals surface area contributed by atoms with Crippen LogP contribution in [0.2, 0.25) is 0 Å². The van der Waals surface area contributed by atoms with Gasteiger partial charge in [0.05, 0.1) is 24.4 Å². The van der Waals surface area contributed by atoms with E-state index in [4.69, 9.17) is 29.5 Å². The molecule has 2 fully saturated rings. The lowest BCUT2D eigenvalue weighted by Crippen LogP contribution is -2.43. The third kappa shape index (κ3) is 28.3. The van der Waals surface area contributed by atoms with Crippen LogP contribution >= 0.6 is 0 Å². The number of nitrogens with one attached hydrogen (secondary N) is 1. The molecule has 2 aliphatic heterocycles. The highest BCUT2D eigenvalue weighted by molar-refractivity contribution is 5.83. The van der Waals surface area contributed by atoms with E-state index in [1.807, 2.05) is 34.7 Å². The van der Waals surface area contributed by atoms with Gasteiger partial charge in [0.15, 0.2) is 6.29 Å². The minimum absolute atomic E-state index is 0.0390. The second kappa shape index (κ2) is 35.6. The number of methoxy groups -OCH3 is 2. The number of ketones is 1. The monoisotopic (exact) mass is 674 g/mol. The predicted molar refractivity (Wildman–Crippen MR) is 189 cm³/mol. The Morgan fingerprint density at radius 3 is 1.74 bits per heavy atom. The van der Waals surface area contributed by atoms with Crippen LogP contribution in [0.5, 0.6) is 0 Å². The van der Waals surface area contributed by atoms with E-state index >= 15 is 0 Å². The first-order valence-electron chi connectivity index (χ1n) is 17.0. The highest BCUT2D eigenvalue weighted by atomic mass is 16.6. The van der Waals surface area contributed by atoms with Gasteiger partial charge in [-0.25, -0.2) is 0 Å². The molecule has 0 amide bonds. The van der Waals surface area contributed by atoms with Gasteiger partial charge in [-0.05, 0) is 58.4 Å². The fourth-order valence-corrected chi connectivity index (χ4v) is 5.37. The number of rotatable bonds is 2. The summed E-state index contributed by atoms with van der Waals surface area (Å²) in [5.74, 6) is -0.0859. The molecule has 0 aromatic carbocycles. The fourth-order valence-electron chi connectivity index (χ4n) is 5.37. The molecule has 6 N–H and O–H groups in total. The Balaban J connectivity index is -0.000000209. The molecule has 0 radical (unpaired) electrons. The zero-order valence-corrected chi connectivity index (χ0v) is 32.6. The number of carbonyl (C=O) groups excluding carboxylic acids is 1. The summed E-state index contributed by atoms with van der Waals surface area (Å²) >= 11 is 0. The highest BCUT2D eigenvalue weighted by Crippen LogP contribution is 2.32. The highest BCUT2D eigenvalue weighted by Gasteiger charge is 2.36. The summed E-state index contributed by atoms with van der Waals surface area (Å²) in [4.78, 5) is 12.6. The molecule has 0 spiro atoms. The lowest BCUT2D eigenvalue weighted by atomic mass is 9.78. The minimum Gasteiger partial charge on any atom is -0.400 e. The lowest BCUT2D eigenvalue weighted by Gasteiger charge is -2.35. The topological polar surface area (TPSA) is 167 Å². The van der Waals surface area contributed by atoms with Crippen LogP contribution in [-0.2, 0) is 23.7 Å². The number of hydrogen-bond donors (Lipinski definition) is 6. The summed E-state index contributed by atoms with van der Waals surface area (Å²) in [5, 5.41) is 46.6. The standard InChI is InChI=1S/C19H36O5.C7H15NO2.C3H8.C2H6O.C2H6.2CH4O/c1-12-7-13(2)10-24-11-16(20)18(22)15(4)17(21)14(3)9-19(5,8-12)23-6;1-5-3-6(8-2)4-7(9)10-5;2*1-3-2;3*1-2/h12-16,18,20,22H,7-11H2,1-6H3;5-9H,3-4H2,1-2H3;3H2,1-2H3;1-2H3;1-2H3;2*2H,1H3/t12-,13?,14+,15?,16?,18?,19-;;;;;;/m0....../s1. The van der Waals surface area contributed by atoms with Crippen LogP contribution in [0.15, 0.2) is 0 Å². The second-order valence-corrected chi connectivity index (χ2v) is 12.2. The predicted octanol–water partition coefficient (Wildman–Crippen LogP) is 4.44. The molecule has 2 heterocycles. The Labute approximate surface area is 283 Å². The Morgan fingerprint density at radius 2 is 1.33 bits per heavy atom. The minimum atomic E-state index is -1.11. The van der Waals surface area contributed by atoms with Crippen molar-refractivity contribution in [1.29, 1.82) is 0 Å². The molecule has 7 unspecified atom stereocenters. The van der Waals surface area contributed by atoms with Crippen LogP contribution in [-0.4, -0.2) is 123 Å². The van der Waals surface area contributed by atoms with E-state index in [-0.39, 0.29) is 30.0 Å². The number of aliphatic hydroxyl groups excluding tert-OH is 5. The first-order valence-corrected chi connectivity index (χ1v) is 17.0. The van der Waals surface area contributed by atoms with Gasteiger partial charge in [0.2, 0.25) is 0 Å². The van der Waals surface area contributed by atoms with Gasteiger partial charge < -0.3 is 49.8 Å². The number of hydrogen-bond acceptors (Lipinski definition) is 11. The molecule has 2 aliphatic rings. The Kier molecular flexibility index (Phi) is 42.3. The zero-order valence-electron chi connectivity index (χ0n) is 32.6. The van der Waals surface area contributed by atoms with Crippen LogP contribution < -0.4 is 5.32 Å². The van der Waals surface area contributed by atoms with Crippen molar-refractivity contribution in [1.82, 2.24) is 5.32 Å². The molecular formula is C35H79NO10. The molecule has 0 bridgehead atoms. The van der Waals surface area contributed by atoms with Gasteiger partial charge in [0.1, 0.15) is 11.9 Å². The average molecular weight is 674 g/mol. The van der Waals surface area contributed by atoms with Crippen molar-refractivity contribution in [3.05, 3.63) is 0 Å². The normalized spacial score (nSPS) is 33.2. The molecule has 284 valence electrons. The van der Waals surface area contributed by atoms with E-state index in [1.165, 1.54) is 6.42 Å². The largest absolute Gasteiger partial charge is 0.400 e. The molecule has 46 heavy (non-hydrogen) atoms. The maximum atomic E-state index is 12.6. The summed E-state index contributed by atoms with van der Waals surface area (Å²) in [6.07, 6.45) is 2.91. The van der Waals surface area contributed by atoms with Gasteiger partial charge in [-0.2, -0.15) is 0 Å². The first-order chi connectivity index (χ1) is 21.6. The van der Waals surface area contributed by atoms with Crippen molar-refractivity contribution in [2.75, 3.05) is 55.8 Å². The SMILES string of the molecule is CC.CCC.CNC1CC(C)OC(O)C1.CO.CO.COC.CO[C@@]1(C)C[C@@H](C)CC(C)COCC(O)C(O)C(C)C(=O)[C@H](C)C1. The van der Waals surface area contributed by atoms with Crippen LogP contribution in [0.25, 0.3) is 0 Å². The van der Waals surface area contributed by atoms with E-state index in [1.54, 1.807) is 28.3 Å². The van der Waals surface area contributed by atoms with E-state index in [9.17, 15) is 15.0 Å². The van der Waals surface area contributed by atoms with E-state index in [2.05, 4.69) is 44.7 Å². The number of aliphatic hydroxyl groups is 5. The third-order valence-corrected chi connectivity index (χ3v) is 7.25. The van der Waals surface area contributed by atoms with Crippen molar-refractivity contribution in [2.45, 2.75) is 144 Å². The summed E-state index contributed by atoms with van der Waals surface area (Å²) < 4.78 is 20.7. The van der Waals surface area contributed by atoms with Gasteiger partial charge in [0, 0.05) is 66.5 Å². The van der Waals surface area contributed by atoms with Crippen molar-refractivity contribution in [3.8, 4) is 0 Å². The quantitative estimate of drug-likeness (QED) is 0.245. The summed E-state index contributed by atoms with van der Waals surface area (Å²) in [6, 6.07) is 0.416. The molecule has 10 atom stereocenters. The van der Waals surface area contributed by atoms with Crippen molar-refractivity contribution in [2.24, 2.45) is 23.7 Å². The lowest BCUT2D eigenvalue weighted by molar-refractivity contribution is -0.163. The number of Topliss-reactive ketones (excluding diaryl/α,β-unsaturated/α-hetero) is 1. The molecular weight excluding hydrogens is 594 g/mol. The van der Waals surface area contributed by atoms with Crippen molar-refractivity contribution in [3.63, 3.8) is 0 Å². The van der Waals surface area contributed by atoms with Crippen molar-refractivity contribution >= 4 is 5.78 Å². The molecule has 2 saturated heterocycles. The van der Waals surface area contributed by atoms with Crippen LogP contribution in [0.4, 0.5) is 0 Å².